The van der Waals surface area contributed by atoms with Crippen LogP contribution in [0.1, 0.15) is 18.1 Å². The molecule has 32 heavy (non-hydrogen) atoms. The summed E-state index contributed by atoms with van der Waals surface area (Å²) in [5, 5.41) is 2.77. The average molecular weight is 435 g/mol. The van der Waals surface area contributed by atoms with Crippen LogP contribution in [0.15, 0.2) is 65.6 Å². The molecule has 2 aromatic carbocycles. The number of ether oxygens (including phenoxy) is 1. The Balaban J connectivity index is 2.10. The van der Waals surface area contributed by atoms with Crippen LogP contribution in [0.3, 0.4) is 0 Å². The molecule has 3 N–H and O–H groups in total. The fourth-order valence-corrected chi connectivity index (χ4v) is 3.27. The first-order valence-corrected chi connectivity index (χ1v) is 10.3. The summed E-state index contributed by atoms with van der Waals surface area (Å²) < 4.78 is 21.8. The predicted octanol–water partition coefficient (Wildman–Crippen LogP) is 4.31. The van der Waals surface area contributed by atoms with Crippen molar-refractivity contribution >= 4 is 11.6 Å². The van der Waals surface area contributed by atoms with Gasteiger partial charge in [-0.3, -0.25) is 9.59 Å². The van der Waals surface area contributed by atoms with Gasteiger partial charge in [0.25, 0.3) is 5.56 Å². The fraction of sp³-hybridized carbons (Fsp3) is 0.200. The summed E-state index contributed by atoms with van der Waals surface area (Å²) in [4.78, 5) is 24.4. The molecule has 6 nitrogen and oxygen atoms in total. The summed E-state index contributed by atoms with van der Waals surface area (Å²) in [5.74, 6) is -0.326. The second-order valence-electron chi connectivity index (χ2n) is 7.40. The largest absolute Gasteiger partial charge is 0.454 e. The summed E-state index contributed by atoms with van der Waals surface area (Å²) >= 11 is 0. The zero-order valence-electron chi connectivity index (χ0n) is 18.3. The highest BCUT2D eigenvalue weighted by Gasteiger charge is 2.14. The van der Waals surface area contributed by atoms with Gasteiger partial charge in [0.2, 0.25) is 5.91 Å². The highest BCUT2D eigenvalue weighted by atomic mass is 19.1. The number of pyridine rings is 1. The van der Waals surface area contributed by atoms with E-state index in [4.69, 9.17) is 10.5 Å². The third-order valence-electron chi connectivity index (χ3n) is 4.91. The molecule has 0 spiro atoms. The summed E-state index contributed by atoms with van der Waals surface area (Å²) in [6.45, 7) is 3.96. The quantitative estimate of drug-likeness (QED) is 0.542. The molecule has 1 aromatic heterocycles. The van der Waals surface area contributed by atoms with Crippen LogP contribution in [0.2, 0.25) is 0 Å². The normalized spacial score (nSPS) is 11.0. The molecule has 1 amide bonds. The summed E-state index contributed by atoms with van der Waals surface area (Å²) in [7, 11) is 1.68. The topological polar surface area (TPSA) is 86.3 Å². The van der Waals surface area contributed by atoms with Crippen LogP contribution >= 0.6 is 0 Å². The minimum absolute atomic E-state index is 0.0834. The van der Waals surface area contributed by atoms with Crippen molar-refractivity contribution in [3.63, 3.8) is 0 Å². The lowest BCUT2D eigenvalue weighted by Crippen LogP contribution is -2.20. The lowest BCUT2D eigenvalue weighted by molar-refractivity contribution is -0.111. The number of aryl methyl sites for hydroxylation is 3. The van der Waals surface area contributed by atoms with Gasteiger partial charge < -0.3 is 20.4 Å². The lowest BCUT2D eigenvalue weighted by atomic mass is 10.0. The van der Waals surface area contributed by atoms with Crippen LogP contribution in [0.25, 0.3) is 11.1 Å². The van der Waals surface area contributed by atoms with Crippen LogP contribution in [-0.2, 0) is 18.3 Å². The number of hydrogen-bond acceptors (Lipinski definition) is 4. The second-order valence-corrected chi connectivity index (χ2v) is 7.40. The van der Waals surface area contributed by atoms with Crippen LogP contribution in [-0.4, -0.2) is 17.0 Å². The van der Waals surface area contributed by atoms with E-state index in [9.17, 15) is 14.0 Å². The van der Waals surface area contributed by atoms with E-state index in [-0.39, 0.29) is 23.8 Å². The number of carbonyl (C=O) groups excluding carboxylic acids is 1. The molecular weight excluding hydrogens is 409 g/mol. The molecule has 0 atom stereocenters. The van der Waals surface area contributed by atoms with Crippen molar-refractivity contribution in [2.24, 2.45) is 12.8 Å². The van der Waals surface area contributed by atoms with Gasteiger partial charge in [-0.05, 0) is 55.3 Å². The van der Waals surface area contributed by atoms with E-state index in [1.807, 2.05) is 6.92 Å². The third kappa shape index (κ3) is 5.31. The Morgan fingerprint density at radius 3 is 2.62 bits per heavy atom. The minimum atomic E-state index is -0.477. The lowest BCUT2D eigenvalue weighted by Gasteiger charge is -2.15. The number of hydrogen-bond donors (Lipinski definition) is 2. The maximum absolute atomic E-state index is 14.4. The van der Waals surface area contributed by atoms with Crippen molar-refractivity contribution in [1.29, 1.82) is 0 Å². The first kappa shape index (κ1) is 23.0. The number of benzene rings is 2. The van der Waals surface area contributed by atoms with E-state index >= 15 is 0 Å². The monoisotopic (exact) mass is 435 g/mol. The molecule has 1 heterocycles. The fourth-order valence-electron chi connectivity index (χ4n) is 3.27. The van der Waals surface area contributed by atoms with Crippen molar-refractivity contribution < 1.29 is 13.9 Å². The van der Waals surface area contributed by atoms with Crippen molar-refractivity contribution in [3.8, 4) is 22.6 Å². The molecule has 0 aliphatic carbocycles. The first-order valence-electron chi connectivity index (χ1n) is 10.3. The Morgan fingerprint density at radius 2 is 1.94 bits per heavy atom. The number of halogens is 1. The molecule has 0 aliphatic heterocycles. The SMILES string of the molecule is CCc1cc(-c2cc(NC(=O)/C=C/CN)ccc2Oc2ccc(C)cc2F)cn(C)c1=O. The number of aromatic nitrogens is 1. The van der Waals surface area contributed by atoms with Gasteiger partial charge in [0.05, 0.1) is 0 Å². The number of amides is 1. The molecule has 0 fully saturated rings. The van der Waals surface area contributed by atoms with Crippen LogP contribution in [0, 0.1) is 12.7 Å². The van der Waals surface area contributed by atoms with E-state index in [0.717, 1.165) is 5.56 Å². The van der Waals surface area contributed by atoms with E-state index in [1.165, 1.54) is 16.7 Å². The van der Waals surface area contributed by atoms with E-state index in [0.29, 0.717) is 34.5 Å². The van der Waals surface area contributed by atoms with Crippen molar-refractivity contribution in [1.82, 2.24) is 4.57 Å². The maximum Gasteiger partial charge on any atom is 0.253 e. The Labute approximate surface area is 186 Å². The standard InChI is InChI=1S/C25H26FN3O3/c1-4-17-13-18(15-29(3)25(17)31)20-14-19(28-24(30)6-5-11-27)8-10-22(20)32-23-9-7-16(2)12-21(23)26/h5-10,12-15H,4,11,27H2,1-3H3,(H,28,30)/b6-5+. The summed E-state index contributed by atoms with van der Waals surface area (Å²) in [6.07, 6.45) is 5.15. The van der Waals surface area contributed by atoms with E-state index in [1.54, 1.807) is 62.6 Å². The van der Waals surface area contributed by atoms with Gasteiger partial charge in [0.1, 0.15) is 5.75 Å². The molecule has 7 heteroatoms. The number of rotatable bonds is 7. The highest BCUT2D eigenvalue weighted by Crippen LogP contribution is 2.36. The molecule has 0 radical (unpaired) electrons. The average Bonchev–Trinajstić information content (AvgIpc) is 2.77. The third-order valence-corrected chi connectivity index (χ3v) is 4.91. The van der Waals surface area contributed by atoms with Gasteiger partial charge in [-0.2, -0.15) is 0 Å². The van der Waals surface area contributed by atoms with E-state index < -0.39 is 5.82 Å². The molecule has 0 aliphatic rings. The number of nitrogens with two attached hydrogens (primary N) is 1. The van der Waals surface area contributed by atoms with Crippen molar-refractivity contribution in [3.05, 3.63) is 88.1 Å². The molecule has 0 saturated heterocycles. The molecule has 0 unspecified atom stereocenters. The van der Waals surface area contributed by atoms with Gasteiger partial charge in [-0.1, -0.05) is 19.1 Å². The smallest absolute Gasteiger partial charge is 0.253 e. The van der Waals surface area contributed by atoms with Gasteiger partial charge in [0, 0.05) is 48.2 Å². The van der Waals surface area contributed by atoms with Crippen LogP contribution in [0.5, 0.6) is 11.5 Å². The van der Waals surface area contributed by atoms with Crippen molar-refractivity contribution in [2.75, 3.05) is 11.9 Å². The summed E-state index contributed by atoms with van der Waals surface area (Å²) in [6, 6.07) is 11.6. The Hall–Kier alpha value is -3.71. The van der Waals surface area contributed by atoms with Crippen molar-refractivity contribution in [2.45, 2.75) is 20.3 Å². The highest BCUT2D eigenvalue weighted by molar-refractivity contribution is 5.99. The van der Waals surface area contributed by atoms with Crippen LogP contribution in [0.4, 0.5) is 10.1 Å². The van der Waals surface area contributed by atoms with Gasteiger partial charge in [0.15, 0.2) is 11.6 Å². The number of anilines is 1. The summed E-state index contributed by atoms with van der Waals surface area (Å²) in [5.41, 5.74) is 8.57. The Bertz CT molecular complexity index is 1230. The predicted molar refractivity (Wildman–Crippen MR) is 125 cm³/mol. The second kappa shape index (κ2) is 10.1. The molecule has 166 valence electrons. The van der Waals surface area contributed by atoms with E-state index in [2.05, 4.69) is 5.32 Å². The Morgan fingerprint density at radius 1 is 1.19 bits per heavy atom. The molecule has 3 rings (SSSR count). The Kier molecular flexibility index (Phi) is 7.22. The van der Waals surface area contributed by atoms with Gasteiger partial charge in [-0.15, -0.1) is 0 Å². The van der Waals surface area contributed by atoms with Gasteiger partial charge >= 0.3 is 0 Å². The molecule has 0 saturated carbocycles. The minimum Gasteiger partial charge on any atom is -0.454 e. The zero-order chi connectivity index (χ0) is 23.3. The number of nitrogens with one attached hydrogen (secondary N) is 1. The molecular formula is C25H26FN3O3. The zero-order valence-corrected chi connectivity index (χ0v) is 18.3. The molecule has 3 aromatic rings. The maximum atomic E-state index is 14.4. The number of carbonyl (C=O) groups is 1. The molecule has 0 bridgehead atoms. The van der Waals surface area contributed by atoms with Crippen LogP contribution < -0.4 is 21.3 Å². The van der Waals surface area contributed by atoms with Gasteiger partial charge in [-0.25, -0.2) is 4.39 Å². The first-order chi connectivity index (χ1) is 15.3. The number of nitrogens with zero attached hydrogens (tertiary/aromatic N) is 1.